The Morgan fingerprint density at radius 2 is 2.30 bits per heavy atom. The second-order valence-corrected chi connectivity index (χ2v) is 7.04. The number of nitrogens with zero attached hydrogens (tertiary/aromatic N) is 4. The normalized spacial score (nSPS) is 17.8. The first-order valence-corrected chi connectivity index (χ1v) is 9.06. The fourth-order valence-electron chi connectivity index (χ4n) is 2.85. The van der Waals surface area contributed by atoms with E-state index in [-0.39, 0.29) is 5.91 Å². The van der Waals surface area contributed by atoms with Crippen LogP contribution in [0.1, 0.15) is 41.0 Å². The third-order valence-corrected chi connectivity index (χ3v) is 5.08. The summed E-state index contributed by atoms with van der Waals surface area (Å²) in [6.07, 6.45) is 3.46. The zero-order valence-electron chi connectivity index (χ0n) is 13.0. The van der Waals surface area contributed by atoms with Gasteiger partial charge >= 0.3 is 0 Å². The lowest BCUT2D eigenvalue weighted by molar-refractivity contribution is 0.0742. The van der Waals surface area contributed by atoms with Gasteiger partial charge in [0.05, 0.1) is 24.4 Å². The van der Waals surface area contributed by atoms with Gasteiger partial charge in [0.15, 0.2) is 0 Å². The molecule has 0 spiro atoms. The largest absolute Gasteiger partial charge is 0.375 e. The van der Waals surface area contributed by atoms with Gasteiger partial charge in [-0.2, -0.15) is 11.3 Å². The summed E-state index contributed by atoms with van der Waals surface area (Å²) in [5.41, 5.74) is 2.65. The van der Waals surface area contributed by atoms with Gasteiger partial charge in [0.1, 0.15) is 5.69 Å². The molecule has 3 heterocycles. The van der Waals surface area contributed by atoms with Gasteiger partial charge in [-0.15, -0.1) is 5.10 Å². The zero-order valence-corrected chi connectivity index (χ0v) is 13.8. The lowest BCUT2D eigenvalue weighted by Gasteiger charge is -2.19. The van der Waals surface area contributed by atoms with Gasteiger partial charge < -0.3 is 9.64 Å². The molecule has 0 aromatic carbocycles. The number of amides is 1. The molecule has 1 aliphatic heterocycles. The van der Waals surface area contributed by atoms with Crippen LogP contribution in [-0.2, 0) is 24.4 Å². The van der Waals surface area contributed by atoms with Gasteiger partial charge in [0.25, 0.3) is 5.91 Å². The van der Waals surface area contributed by atoms with E-state index in [0.29, 0.717) is 13.2 Å². The second kappa shape index (κ2) is 6.41. The van der Waals surface area contributed by atoms with Crippen LogP contribution in [-0.4, -0.2) is 39.0 Å². The summed E-state index contributed by atoms with van der Waals surface area (Å²) in [7, 11) is 0. The molecule has 1 aliphatic carbocycles. The number of hydrogen-bond acceptors (Lipinski definition) is 5. The fraction of sp³-hybridized carbons (Fsp3) is 0.562. The summed E-state index contributed by atoms with van der Waals surface area (Å²) in [4.78, 5) is 14.5. The molecule has 23 heavy (non-hydrogen) atoms. The number of aryl methyl sites for hydroxylation is 1. The minimum Gasteiger partial charge on any atom is -0.375 e. The van der Waals surface area contributed by atoms with Gasteiger partial charge in [-0.05, 0) is 36.6 Å². The molecular formula is C16H20N4O2S. The molecule has 0 unspecified atom stereocenters. The molecule has 6 nitrogen and oxygen atoms in total. The number of aromatic nitrogens is 3. The van der Waals surface area contributed by atoms with Crippen LogP contribution in [0, 0.1) is 5.92 Å². The van der Waals surface area contributed by atoms with E-state index in [9.17, 15) is 4.79 Å². The second-order valence-electron chi connectivity index (χ2n) is 6.26. The van der Waals surface area contributed by atoms with Gasteiger partial charge in [0.2, 0.25) is 0 Å². The van der Waals surface area contributed by atoms with Crippen molar-refractivity contribution in [1.82, 2.24) is 19.9 Å². The molecule has 0 bridgehead atoms. The average Bonchev–Trinajstić information content (AvgIpc) is 3.14. The van der Waals surface area contributed by atoms with Crippen LogP contribution in [0.25, 0.3) is 0 Å². The first-order chi connectivity index (χ1) is 11.3. The highest BCUT2D eigenvalue weighted by molar-refractivity contribution is 7.08. The highest BCUT2D eigenvalue weighted by atomic mass is 32.1. The van der Waals surface area contributed by atoms with Crippen LogP contribution in [0.4, 0.5) is 0 Å². The Morgan fingerprint density at radius 3 is 3.09 bits per heavy atom. The first kappa shape index (κ1) is 14.8. The average molecular weight is 332 g/mol. The number of fused-ring (bicyclic) bond motifs is 1. The van der Waals surface area contributed by atoms with Gasteiger partial charge in [0, 0.05) is 25.1 Å². The molecule has 0 radical (unpaired) electrons. The predicted octanol–water partition coefficient (Wildman–Crippen LogP) is 2.31. The molecule has 2 aromatic rings. The minimum atomic E-state index is 0.0887. The summed E-state index contributed by atoms with van der Waals surface area (Å²) in [6, 6.07) is 1.88. The number of carbonyl (C=O) groups excluding carboxylic acids is 1. The Morgan fingerprint density at radius 1 is 1.39 bits per heavy atom. The van der Waals surface area contributed by atoms with Crippen molar-refractivity contribution in [2.75, 3.05) is 13.2 Å². The third-order valence-electron chi connectivity index (χ3n) is 4.40. The van der Waals surface area contributed by atoms with Gasteiger partial charge in [-0.25, -0.2) is 4.68 Å². The topological polar surface area (TPSA) is 60.2 Å². The number of thiophene rings is 1. The van der Waals surface area contributed by atoms with Crippen LogP contribution in [0.15, 0.2) is 16.8 Å². The van der Waals surface area contributed by atoms with E-state index < -0.39 is 0 Å². The molecule has 0 atom stereocenters. The number of hydrogen-bond donors (Lipinski definition) is 0. The van der Waals surface area contributed by atoms with Gasteiger partial charge in [-0.3, -0.25) is 4.79 Å². The summed E-state index contributed by atoms with van der Waals surface area (Å²) in [6.45, 7) is 3.42. The lowest BCUT2D eigenvalue weighted by atomic mass is 10.2. The molecule has 1 fully saturated rings. The molecule has 2 aliphatic rings. The van der Waals surface area contributed by atoms with Crippen LogP contribution >= 0.6 is 11.3 Å². The Bertz CT molecular complexity index is 678. The zero-order chi connectivity index (χ0) is 15.6. The first-order valence-electron chi connectivity index (χ1n) is 8.11. The van der Waals surface area contributed by atoms with Crippen molar-refractivity contribution >= 4 is 17.2 Å². The third kappa shape index (κ3) is 3.30. The van der Waals surface area contributed by atoms with E-state index >= 15 is 0 Å². The van der Waals surface area contributed by atoms with Crippen LogP contribution in [0.2, 0.25) is 0 Å². The van der Waals surface area contributed by atoms with Crippen molar-refractivity contribution in [3.05, 3.63) is 33.8 Å². The van der Waals surface area contributed by atoms with Crippen molar-refractivity contribution in [1.29, 1.82) is 0 Å². The van der Waals surface area contributed by atoms with Crippen molar-refractivity contribution in [2.24, 2.45) is 5.92 Å². The Balaban J connectivity index is 1.48. The van der Waals surface area contributed by atoms with E-state index in [0.717, 1.165) is 49.0 Å². The number of ether oxygens (including phenoxy) is 1. The molecule has 4 rings (SSSR count). The Labute approximate surface area is 139 Å². The molecule has 122 valence electrons. The van der Waals surface area contributed by atoms with E-state index in [1.165, 1.54) is 12.8 Å². The number of carbonyl (C=O) groups is 1. The summed E-state index contributed by atoms with van der Waals surface area (Å²) in [5.74, 6) is 0.826. The predicted molar refractivity (Wildman–Crippen MR) is 86.1 cm³/mol. The molecule has 1 amide bonds. The smallest absolute Gasteiger partial charge is 0.255 e. The molecule has 0 saturated heterocycles. The maximum absolute atomic E-state index is 12.6. The van der Waals surface area contributed by atoms with Crippen LogP contribution in [0.5, 0.6) is 0 Å². The highest BCUT2D eigenvalue weighted by Crippen LogP contribution is 2.29. The van der Waals surface area contributed by atoms with E-state index in [2.05, 4.69) is 10.3 Å². The van der Waals surface area contributed by atoms with Crippen molar-refractivity contribution < 1.29 is 9.53 Å². The number of rotatable bonds is 5. The SMILES string of the molecule is O=C(c1ccsc1)N1CCCn2nnc(COCC3CC3)c2C1. The molecular weight excluding hydrogens is 312 g/mol. The Kier molecular flexibility index (Phi) is 4.13. The summed E-state index contributed by atoms with van der Waals surface area (Å²) < 4.78 is 7.69. The van der Waals surface area contributed by atoms with Crippen molar-refractivity contribution in [3.8, 4) is 0 Å². The molecule has 7 heteroatoms. The van der Waals surface area contributed by atoms with Crippen molar-refractivity contribution in [3.63, 3.8) is 0 Å². The van der Waals surface area contributed by atoms with Crippen LogP contribution < -0.4 is 0 Å². The van der Waals surface area contributed by atoms with Gasteiger partial charge in [-0.1, -0.05) is 5.21 Å². The molecule has 2 aromatic heterocycles. The van der Waals surface area contributed by atoms with Crippen LogP contribution in [0.3, 0.4) is 0 Å². The highest BCUT2D eigenvalue weighted by Gasteiger charge is 2.25. The molecule has 0 N–H and O–H groups in total. The maximum Gasteiger partial charge on any atom is 0.255 e. The molecule has 1 saturated carbocycles. The van der Waals surface area contributed by atoms with E-state index in [1.807, 2.05) is 26.4 Å². The minimum absolute atomic E-state index is 0.0887. The van der Waals surface area contributed by atoms with Crippen molar-refractivity contribution in [2.45, 2.75) is 39.0 Å². The van der Waals surface area contributed by atoms with E-state index in [1.54, 1.807) is 11.3 Å². The quantitative estimate of drug-likeness (QED) is 0.843. The maximum atomic E-state index is 12.6. The fourth-order valence-corrected chi connectivity index (χ4v) is 3.48. The van der Waals surface area contributed by atoms with E-state index in [4.69, 9.17) is 4.74 Å². The standard InChI is InChI=1S/C16H20N4O2S/c21-16(13-4-7-23-11-13)19-5-1-6-20-15(8-19)14(17-18-20)10-22-9-12-2-3-12/h4,7,11-12H,1-3,5-6,8-10H2. The summed E-state index contributed by atoms with van der Waals surface area (Å²) in [5, 5.41) is 12.3. The lowest BCUT2D eigenvalue weighted by Crippen LogP contribution is -2.30. The monoisotopic (exact) mass is 332 g/mol. The summed E-state index contributed by atoms with van der Waals surface area (Å²) >= 11 is 1.55. The Hall–Kier alpha value is -1.73.